The molecule has 1 aromatic rings. The molecule has 0 amide bonds. The molecule has 1 N–H and O–H groups in total. The summed E-state index contributed by atoms with van der Waals surface area (Å²) in [6, 6.07) is 0. The van der Waals surface area contributed by atoms with E-state index < -0.39 is 0 Å². The largest absolute Gasteiger partial charge is 0.382 e. The Kier molecular flexibility index (Phi) is 6.32. The molecule has 0 aliphatic carbocycles. The Morgan fingerprint density at radius 2 is 2.11 bits per heavy atom. The highest BCUT2D eigenvalue weighted by atomic mass is 16.5. The van der Waals surface area contributed by atoms with Crippen molar-refractivity contribution in [3.63, 3.8) is 0 Å². The topological polar surface area (TPSA) is 48.3 Å². The lowest BCUT2D eigenvalue weighted by atomic mass is 10.1. The van der Waals surface area contributed by atoms with E-state index in [-0.39, 0.29) is 6.10 Å². The highest BCUT2D eigenvalue weighted by molar-refractivity contribution is 5.19. The Labute approximate surface area is 109 Å². The van der Waals surface area contributed by atoms with Crippen molar-refractivity contribution in [1.29, 1.82) is 0 Å². The standard InChI is InChI=1S/C13H25N3O2/c1-10(2)13-11(8-16(3)15-13)6-14-7-12(18-5)9-17-4/h8,10,12,14H,6-7,9H2,1-5H3. The van der Waals surface area contributed by atoms with Gasteiger partial charge in [0.2, 0.25) is 0 Å². The van der Waals surface area contributed by atoms with Crippen molar-refractivity contribution in [1.82, 2.24) is 15.1 Å². The molecule has 5 nitrogen and oxygen atoms in total. The molecule has 1 aromatic heterocycles. The number of aromatic nitrogens is 2. The summed E-state index contributed by atoms with van der Waals surface area (Å²) in [5.41, 5.74) is 2.41. The summed E-state index contributed by atoms with van der Waals surface area (Å²) < 4.78 is 12.3. The van der Waals surface area contributed by atoms with Gasteiger partial charge in [-0.3, -0.25) is 4.68 Å². The summed E-state index contributed by atoms with van der Waals surface area (Å²) in [6.45, 7) is 6.51. The van der Waals surface area contributed by atoms with Crippen molar-refractivity contribution < 1.29 is 9.47 Å². The third-order valence-corrected chi connectivity index (χ3v) is 2.86. The van der Waals surface area contributed by atoms with Crippen molar-refractivity contribution >= 4 is 0 Å². The van der Waals surface area contributed by atoms with Gasteiger partial charge in [0, 0.05) is 46.1 Å². The van der Waals surface area contributed by atoms with E-state index in [1.165, 1.54) is 5.56 Å². The minimum atomic E-state index is 0.0918. The number of nitrogens with zero attached hydrogens (tertiary/aromatic N) is 2. The molecule has 1 heterocycles. The molecule has 0 bridgehead atoms. The maximum atomic E-state index is 5.30. The van der Waals surface area contributed by atoms with Crippen LogP contribution in [0, 0.1) is 0 Å². The predicted octanol–water partition coefficient (Wildman–Crippen LogP) is 1.29. The van der Waals surface area contributed by atoms with Crippen LogP contribution >= 0.6 is 0 Å². The maximum Gasteiger partial charge on any atom is 0.0928 e. The molecule has 104 valence electrons. The zero-order chi connectivity index (χ0) is 13.5. The second kappa shape index (κ2) is 7.51. The molecule has 0 saturated carbocycles. The molecule has 0 aliphatic rings. The van der Waals surface area contributed by atoms with Crippen molar-refractivity contribution in [3.8, 4) is 0 Å². The first-order chi connectivity index (χ1) is 8.58. The van der Waals surface area contributed by atoms with Gasteiger partial charge in [-0.15, -0.1) is 0 Å². The van der Waals surface area contributed by atoms with Gasteiger partial charge in [-0.1, -0.05) is 13.8 Å². The second-order valence-corrected chi connectivity index (χ2v) is 4.81. The molecular formula is C13H25N3O2. The Morgan fingerprint density at radius 1 is 1.39 bits per heavy atom. The quantitative estimate of drug-likeness (QED) is 0.760. The Hall–Kier alpha value is -0.910. The van der Waals surface area contributed by atoms with E-state index in [1.54, 1.807) is 14.2 Å². The summed E-state index contributed by atoms with van der Waals surface area (Å²) in [7, 11) is 5.34. The minimum absolute atomic E-state index is 0.0918. The van der Waals surface area contributed by atoms with Crippen LogP contribution in [0.3, 0.4) is 0 Å². The van der Waals surface area contributed by atoms with Crippen molar-refractivity contribution in [3.05, 3.63) is 17.5 Å². The first-order valence-corrected chi connectivity index (χ1v) is 6.33. The van der Waals surface area contributed by atoms with Gasteiger partial charge in [-0.05, 0) is 5.92 Å². The molecule has 0 spiro atoms. The van der Waals surface area contributed by atoms with Crippen molar-refractivity contribution in [2.24, 2.45) is 7.05 Å². The maximum absolute atomic E-state index is 5.30. The minimum Gasteiger partial charge on any atom is -0.382 e. The third-order valence-electron chi connectivity index (χ3n) is 2.86. The van der Waals surface area contributed by atoms with Gasteiger partial charge in [0.15, 0.2) is 0 Å². The van der Waals surface area contributed by atoms with Gasteiger partial charge < -0.3 is 14.8 Å². The number of nitrogens with one attached hydrogen (secondary N) is 1. The van der Waals surface area contributed by atoms with Crippen LogP contribution in [0.5, 0.6) is 0 Å². The van der Waals surface area contributed by atoms with E-state index >= 15 is 0 Å². The Morgan fingerprint density at radius 3 is 2.67 bits per heavy atom. The van der Waals surface area contributed by atoms with Crippen molar-refractivity contribution in [2.45, 2.75) is 32.4 Å². The lowest BCUT2D eigenvalue weighted by Crippen LogP contribution is -2.31. The molecule has 0 saturated heterocycles. The fraction of sp³-hybridized carbons (Fsp3) is 0.769. The molecule has 0 fully saturated rings. The van der Waals surface area contributed by atoms with Gasteiger partial charge in [0.25, 0.3) is 0 Å². The average Bonchev–Trinajstić information content (AvgIpc) is 2.69. The van der Waals surface area contributed by atoms with Gasteiger partial charge in [0.1, 0.15) is 0 Å². The van der Waals surface area contributed by atoms with Crippen LogP contribution in [0.15, 0.2) is 6.20 Å². The number of hydrogen-bond acceptors (Lipinski definition) is 4. The monoisotopic (exact) mass is 255 g/mol. The van der Waals surface area contributed by atoms with Crippen molar-refractivity contribution in [2.75, 3.05) is 27.4 Å². The van der Waals surface area contributed by atoms with Crippen LogP contribution in [0.2, 0.25) is 0 Å². The summed E-state index contributed by atoms with van der Waals surface area (Å²) >= 11 is 0. The molecule has 1 unspecified atom stereocenters. The van der Waals surface area contributed by atoms with Crippen LogP contribution < -0.4 is 5.32 Å². The predicted molar refractivity (Wildman–Crippen MR) is 71.7 cm³/mol. The normalized spacial score (nSPS) is 13.2. The number of ether oxygens (including phenoxy) is 2. The fourth-order valence-corrected chi connectivity index (χ4v) is 1.94. The van der Waals surface area contributed by atoms with Gasteiger partial charge in [-0.2, -0.15) is 5.10 Å². The van der Waals surface area contributed by atoms with Crippen LogP contribution in [-0.2, 0) is 23.1 Å². The van der Waals surface area contributed by atoms with E-state index in [0.29, 0.717) is 12.5 Å². The first kappa shape index (κ1) is 15.1. The smallest absolute Gasteiger partial charge is 0.0928 e. The fourth-order valence-electron chi connectivity index (χ4n) is 1.94. The van der Waals surface area contributed by atoms with Crippen LogP contribution in [0.4, 0.5) is 0 Å². The molecule has 1 rings (SSSR count). The summed E-state index contributed by atoms with van der Waals surface area (Å²) in [5, 5.41) is 7.87. The molecule has 0 radical (unpaired) electrons. The Bertz CT molecular complexity index is 350. The van der Waals surface area contributed by atoms with E-state index in [1.807, 2.05) is 11.7 Å². The van der Waals surface area contributed by atoms with Gasteiger partial charge in [-0.25, -0.2) is 0 Å². The molecule has 0 aliphatic heterocycles. The molecular weight excluding hydrogens is 230 g/mol. The van der Waals surface area contributed by atoms with E-state index in [9.17, 15) is 0 Å². The highest BCUT2D eigenvalue weighted by Gasteiger charge is 2.12. The van der Waals surface area contributed by atoms with Crippen LogP contribution in [-0.4, -0.2) is 43.3 Å². The third kappa shape index (κ3) is 4.40. The first-order valence-electron chi connectivity index (χ1n) is 6.33. The zero-order valence-corrected chi connectivity index (χ0v) is 12.1. The van der Waals surface area contributed by atoms with Gasteiger partial charge in [0.05, 0.1) is 18.4 Å². The van der Waals surface area contributed by atoms with E-state index in [2.05, 4.69) is 30.5 Å². The summed E-state index contributed by atoms with van der Waals surface area (Å²) in [6.07, 6.45) is 2.16. The van der Waals surface area contributed by atoms with Crippen LogP contribution in [0.1, 0.15) is 31.0 Å². The van der Waals surface area contributed by atoms with Crippen LogP contribution in [0.25, 0.3) is 0 Å². The number of rotatable bonds is 8. The SMILES string of the molecule is COCC(CNCc1cn(C)nc1C(C)C)OC. The van der Waals surface area contributed by atoms with E-state index in [0.717, 1.165) is 18.8 Å². The summed E-state index contributed by atoms with van der Waals surface area (Å²) in [5.74, 6) is 0.445. The number of methoxy groups -OCH3 is 2. The lowest BCUT2D eigenvalue weighted by molar-refractivity contribution is 0.0288. The lowest BCUT2D eigenvalue weighted by Gasteiger charge is -2.15. The highest BCUT2D eigenvalue weighted by Crippen LogP contribution is 2.16. The molecule has 0 aromatic carbocycles. The molecule has 1 atom stereocenters. The molecule has 18 heavy (non-hydrogen) atoms. The Balaban J connectivity index is 2.48. The number of aryl methyl sites for hydroxylation is 1. The zero-order valence-electron chi connectivity index (χ0n) is 12.1. The second-order valence-electron chi connectivity index (χ2n) is 4.81. The van der Waals surface area contributed by atoms with Gasteiger partial charge >= 0.3 is 0 Å². The average molecular weight is 255 g/mol. The van der Waals surface area contributed by atoms with E-state index in [4.69, 9.17) is 9.47 Å². The summed E-state index contributed by atoms with van der Waals surface area (Å²) in [4.78, 5) is 0. The number of hydrogen-bond donors (Lipinski definition) is 1. The molecule has 5 heteroatoms.